The first kappa shape index (κ1) is 23.6. The largest absolute Gasteiger partial charge is 0.495 e. The fourth-order valence-corrected chi connectivity index (χ4v) is 4.37. The predicted octanol–water partition coefficient (Wildman–Crippen LogP) is 2.32. The average Bonchev–Trinajstić information content (AvgIpc) is 3.09. The fraction of sp³-hybridized carbons (Fsp3) is 0.364. The lowest BCUT2D eigenvalue weighted by Crippen LogP contribution is -2.22. The van der Waals surface area contributed by atoms with E-state index in [0.29, 0.717) is 30.9 Å². The lowest BCUT2D eigenvalue weighted by Gasteiger charge is -2.13. The van der Waals surface area contributed by atoms with Crippen LogP contribution in [-0.2, 0) is 21.1 Å². The van der Waals surface area contributed by atoms with Crippen LogP contribution in [0, 0.1) is 0 Å². The maximum atomic E-state index is 13.0. The van der Waals surface area contributed by atoms with Crippen molar-refractivity contribution in [1.29, 1.82) is 0 Å². The van der Waals surface area contributed by atoms with Gasteiger partial charge in [0.05, 0.1) is 31.5 Å². The van der Waals surface area contributed by atoms with Gasteiger partial charge in [0.1, 0.15) is 22.1 Å². The lowest BCUT2D eigenvalue weighted by atomic mass is 10.0. The molecule has 1 amide bonds. The molecule has 0 atom stereocenters. The maximum Gasteiger partial charge on any atom is 0.238 e. The number of aryl methyl sites for hydroxylation is 1. The van der Waals surface area contributed by atoms with Crippen molar-refractivity contribution in [1.82, 2.24) is 0 Å². The number of carbonyl (C=O) groups is 2. The van der Waals surface area contributed by atoms with Crippen molar-refractivity contribution in [3.63, 3.8) is 0 Å². The van der Waals surface area contributed by atoms with Gasteiger partial charge in [0.25, 0.3) is 0 Å². The average molecular weight is 463 g/mol. The topological polar surface area (TPSA) is 134 Å². The number of ether oxygens (including phenoxy) is 3. The van der Waals surface area contributed by atoms with Crippen LogP contribution in [0.3, 0.4) is 0 Å². The smallest absolute Gasteiger partial charge is 0.238 e. The summed E-state index contributed by atoms with van der Waals surface area (Å²) < 4.78 is 40.5. The van der Waals surface area contributed by atoms with Crippen molar-refractivity contribution in [2.24, 2.45) is 5.73 Å². The Balaban J connectivity index is 1.82. The highest BCUT2D eigenvalue weighted by Gasteiger charge is 2.31. The minimum atomic E-state index is -3.54. The Bertz CT molecular complexity index is 1130. The van der Waals surface area contributed by atoms with Gasteiger partial charge in [0, 0.05) is 12.5 Å². The number of rotatable bonds is 10. The number of ketones is 1. The standard InChI is InChI=1S/C22H26N2O7S/c1-3-8-30-19-11-21-20(31-13-32(21,27)28)10-15(19)17(25)6-4-14-5-7-18(29-2)16(9-14)24-22(26)12-23/h5,7,9-11H,3-4,6,8,12-13,23H2,1-2H3,(H,24,26). The first-order valence-electron chi connectivity index (χ1n) is 10.2. The molecule has 1 heterocycles. The van der Waals surface area contributed by atoms with Gasteiger partial charge in [-0.2, -0.15) is 0 Å². The number of hydrogen-bond acceptors (Lipinski definition) is 8. The molecule has 2 aromatic rings. The molecule has 9 nitrogen and oxygen atoms in total. The summed E-state index contributed by atoms with van der Waals surface area (Å²) in [5.74, 6) is -0.147. The summed E-state index contributed by atoms with van der Waals surface area (Å²) in [5, 5.41) is 2.67. The molecule has 32 heavy (non-hydrogen) atoms. The van der Waals surface area contributed by atoms with E-state index >= 15 is 0 Å². The third-order valence-electron chi connectivity index (χ3n) is 4.88. The van der Waals surface area contributed by atoms with Gasteiger partial charge < -0.3 is 25.3 Å². The molecule has 0 saturated carbocycles. The van der Waals surface area contributed by atoms with E-state index in [0.717, 1.165) is 5.56 Å². The van der Waals surface area contributed by atoms with E-state index in [1.54, 1.807) is 18.2 Å². The predicted molar refractivity (Wildman–Crippen MR) is 118 cm³/mol. The van der Waals surface area contributed by atoms with Gasteiger partial charge in [-0.15, -0.1) is 0 Å². The van der Waals surface area contributed by atoms with E-state index in [2.05, 4.69) is 5.32 Å². The van der Waals surface area contributed by atoms with Gasteiger partial charge in [0.15, 0.2) is 11.7 Å². The molecule has 2 aromatic carbocycles. The Morgan fingerprint density at radius 3 is 2.66 bits per heavy atom. The Labute approximate surface area is 186 Å². The third-order valence-corrected chi connectivity index (χ3v) is 6.29. The van der Waals surface area contributed by atoms with Crippen molar-refractivity contribution in [3.8, 4) is 17.2 Å². The number of Topliss-reactive ketones (excluding diaryl/α,β-unsaturated/α-hetero) is 1. The molecule has 0 aromatic heterocycles. The Hall–Kier alpha value is -3.11. The van der Waals surface area contributed by atoms with Crippen molar-refractivity contribution in [2.75, 3.05) is 31.5 Å². The lowest BCUT2D eigenvalue weighted by molar-refractivity contribution is -0.114. The van der Waals surface area contributed by atoms with Crippen molar-refractivity contribution < 1.29 is 32.2 Å². The van der Waals surface area contributed by atoms with Crippen molar-refractivity contribution >= 4 is 27.2 Å². The van der Waals surface area contributed by atoms with E-state index in [9.17, 15) is 18.0 Å². The molecule has 1 aliphatic heterocycles. The Morgan fingerprint density at radius 1 is 1.19 bits per heavy atom. The Kier molecular flexibility index (Phi) is 7.37. The zero-order chi connectivity index (χ0) is 23.3. The number of benzene rings is 2. The number of fused-ring (bicyclic) bond motifs is 1. The number of carbonyl (C=O) groups excluding carboxylic acids is 2. The summed E-state index contributed by atoms with van der Waals surface area (Å²) in [6.07, 6.45) is 1.24. The molecule has 0 unspecified atom stereocenters. The number of anilines is 1. The third kappa shape index (κ3) is 5.20. The maximum absolute atomic E-state index is 13.0. The van der Waals surface area contributed by atoms with Gasteiger partial charge >= 0.3 is 0 Å². The summed E-state index contributed by atoms with van der Waals surface area (Å²) in [6.45, 7) is 2.10. The molecule has 3 rings (SSSR count). The molecule has 0 spiro atoms. The quantitative estimate of drug-likeness (QED) is 0.514. The summed E-state index contributed by atoms with van der Waals surface area (Å²) in [4.78, 5) is 24.7. The van der Waals surface area contributed by atoms with E-state index in [1.807, 2.05) is 6.92 Å². The molecule has 0 fully saturated rings. The van der Waals surface area contributed by atoms with Crippen LogP contribution in [-0.4, -0.2) is 46.3 Å². The summed E-state index contributed by atoms with van der Waals surface area (Å²) in [7, 11) is -2.05. The monoisotopic (exact) mass is 462 g/mol. The molecule has 0 saturated heterocycles. The SMILES string of the molecule is CCCOc1cc2c(cc1C(=O)CCc1ccc(OC)c(NC(=O)CN)c1)OCS2(=O)=O. The highest BCUT2D eigenvalue weighted by Crippen LogP contribution is 2.38. The van der Waals surface area contributed by atoms with Crippen LogP contribution in [0.5, 0.6) is 17.2 Å². The van der Waals surface area contributed by atoms with Crippen LogP contribution >= 0.6 is 0 Å². The minimum absolute atomic E-state index is 0.0376. The molecule has 3 N–H and O–H groups in total. The van der Waals surface area contributed by atoms with Crippen LogP contribution in [0.2, 0.25) is 0 Å². The second-order valence-electron chi connectivity index (χ2n) is 7.23. The number of nitrogens with two attached hydrogens (primary N) is 1. The fourth-order valence-electron chi connectivity index (χ4n) is 3.25. The van der Waals surface area contributed by atoms with E-state index < -0.39 is 15.8 Å². The summed E-state index contributed by atoms with van der Waals surface area (Å²) >= 11 is 0. The zero-order valence-corrected chi connectivity index (χ0v) is 18.8. The van der Waals surface area contributed by atoms with Crippen molar-refractivity contribution in [2.45, 2.75) is 31.1 Å². The van der Waals surface area contributed by atoms with Gasteiger partial charge in [0.2, 0.25) is 15.7 Å². The van der Waals surface area contributed by atoms with Crippen LogP contribution in [0.15, 0.2) is 35.2 Å². The number of methoxy groups -OCH3 is 1. The van der Waals surface area contributed by atoms with Crippen molar-refractivity contribution in [3.05, 3.63) is 41.5 Å². The normalized spacial score (nSPS) is 13.7. The summed E-state index contributed by atoms with van der Waals surface area (Å²) in [5.41, 5.74) is 6.91. The molecular formula is C22H26N2O7S. The van der Waals surface area contributed by atoms with E-state index in [-0.39, 0.29) is 46.6 Å². The highest BCUT2D eigenvalue weighted by molar-refractivity contribution is 7.91. The molecule has 0 bridgehead atoms. The van der Waals surface area contributed by atoms with Crippen LogP contribution in [0.25, 0.3) is 0 Å². The zero-order valence-electron chi connectivity index (χ0n) is 18.0. The molecule has 10 heteroatoms. The minimum Gasteiger partial charge on any atom is -0.495 e. The van der Waals surface area contributed by atoms with E-state index in [1.165, 1.54) is 19.2 Å². The first-order chi connectivity index (χ1) is 15.3. The number of hydrogen-bond donors (Lipinski definition) is 2. The van der Waals surface area contributed by atoms with Crippen LogP contribution < -0.4 is 25.3 Å². The first-order valence-corrected chi connectivity index (χ1v) is 11.8. The molecule has 172 valence electrons. The molecule has 1 aliphatic rings. The second-order valence-corrected chi connectivity index (χ2v) is 9.14. The number of sulfone groups is 1. The molecular weight excluding hydrogens is 436 g/mol. The Morgan fingerprint density at radius 2 is 1.97 bits per heavy atom. The second kappa shape index (κ2) is 10.0. The highest BCUT2D eigenvalue weighted by atomic mass is 32.2. The van der Waals surface area contributed by atoms with Gasteiger partial charge in [-0.1, -0.05) is 13.0 Å². The molecule has 0 radical (unpaired) electrons. The molecule has 0 aliphatic carbocycles. The number of nitrogens with one attached hydrogen (secondary N) is 1. The van der Waals surface area contributed by atoms with Gasteiger partial charge in [-0.05, 0) is 36.6 Å². The van der Waals surface area contributed by atoms with Crippen LogP contribution in [0.1, 0.15) is 35.7 Å². The van der Waals surface area contributed by atoms with E-state index in [4.69, 9.17) is 19.9 Å². The van der Waals surface area contributed by atoms with Crippen LogP contribution in [0.4, 0.5) is 5.69 Å². The number of amides is 1. The van der Waals surface area contributed by atoms with Gasteiger partial charge in [-0.25, -0.2) is 8.42 Å². The summed E-state index contributed by atoms with van der Waals surface area (Å²) in [6, 6.07) is 8.04. The van der Waals surface area contributed by atoms with Gasteiger partial charge in [-0.3, -0.25) is 9.59 Å².